The Kier molecular flexibility index (Phi) is 4.24. The lowest BCUT2D eigenvalue weighted by Gasteiger charge is -2.26. The van der Waals surface area contributed by atoms with Crippen molar-refractivity contribution in [1.82, 2.24) is 5.32 Å². The van der Waals surface area contributed by atoms with Crippen molar-refractivity contribution >= 4 is 10.8 Å². The van der Waals surface area contributed by atoms with E-state index < -0.39 is 10.8 Å². The molecular formula is C13H19NO3S. The fourth-order valence-corrected chi connectivity index (χ4v) is 3.60. The number of hydrogen-bond acceptors (Lipinski definition) is 4. The van der Waals surface area contributed by atoms with Crippen molar-refractivity contribution in [3.05, 3.63) is 23.8 Å². The molecule has 100 valence electrons. The summed E-state index contributed by atoms with van der Waals surface area (Å²) in [6, 6.07) is 5.02. The molecule has 5 heteroatoms. The lowest BCUT2D eigenvalue weighted by molar-refractivity contribution is 0.404. The quantitative estimate of drug-likeness (QED) is 0.780. The number of nitrogens with one attached hydrogen (secondary N) is 1. The summed E-state index contributed by atoms with van der Waals surface area (Å²) < 4.78 is 11.3. The molecule has 1 fully saturated rings. The maximum atomic E-state index is 11.3. The van der Waals surface area contributed by atoms with Gasteiger partial charge in [0.15, 0.2) is 0 Å². The Morgan fingerprint density at radius 2 is 2.00 bits per heavy atom. The molecule has 1 aliphatic heterocycles. The fourth-order valence-electron chi connectivity index (χ4n) is 2.30. The highest BCUT2D eigenvalue weighted by atomic mass is 32.2. The van der Waals surface area contributed by atoms with Gasteiger partial charge in [0.2, 0.25) is 0 Å². The van der Waals surface area contributed by atoms with Crippen LogP contribution in [0.5, 0.6) is 11.5 Å². The summed E-state index contributed by atoms with van der Waals surface area (Å²) in [5.41, 5.74) is 0.777. The second-order valence-corrected chi connectivity index (χ2v) is 6.45. The first-order valence-corrected chi connectivity index (χ1v) is 7.68. The molecule has 0 bridgehead atoms. The maximum Gasteiger partial charge on any atom is 0.124 e. The second kappa shape index (κ2) is 5.71. The minimum absolute atomic E-state index is 0.0159. The third-order valence-electron chi connectivity index (χ3n) is 3.35. The van der Waals surface area contributed by atoms with Gasteiger partial charge in [-0.05, 0) is 25.8 Å². The second-order valence-electron chi connectivity index (χ2n) is 4.75. The van der Waals surface area contributed by atoms with Crippen LogP contribution in [0.15, 0.2) is 18.2 Å². The summed E-state index contributed by atoms with van der Waals surface area (Å²) in [5.74, 6) is 1.68. The molecule has 3 N–H and O–H groups in total. The van der Waals surface area contributed by atoms with Crippen LogP contribution in [0.1, 0.15) is 31.4 Å². The molecule has 0 radical (unpaired) electrons. The minimum Gasteiger partial charge on any atom is -0.508 e. The SMILES string of the molecule is CC(NC1CCS(=O)CC1)c1ccc(O)cc1O. The van der Waals surface area contributed by atoms with Gasteiger partial charge in [-0.25, -0.2) is 0 Å². The topological polar surface area (TPSA) is 69.6 Å². The molecule has 1 atom stereocenters. The van der Waals surface area contributed by atoms with Gasteiger partial charge in [0, 0.05) is 46.0 Å². The summed E-state index contributed by atoms with van der Waals surface area (Å²) in [5, 5.41) is 22.5. The van der Waals surface area contributed by atoms with E-state index in [9.17, 15) is 14.4 Å². The van der Waals surface area contributed by atoms with Gasteiger partial charge in [-0.3, -0.25) is 4.21 Å². The predicted octanol–water partition coefficient (Wildman–Crippen LogP) is 1.66. The summed E-state index contributed by atoms with van der Waals surface area (Å²) in [4.78, 5) is 0. The zero-order valence-electron chi connectivity index (χ0n) is 10.4. The Bertz CT molecular complexity index is 440. The van der Waals surface area contributed by atoms with Gasteiger partial charge >= 0.3 is 0 Å². The number of rotatable bonds is 3. The molecule has 18 heavy (non-hydrogen) atoms. The first-order valence-electron chi connectivity index (χ1n) is 6.19. The van der Waals surface area contributed by atoms with Gasteiger partial charge < -0.3 is 15.5 Å². The van der Waals surface area contributed by atoms with Crippen molar-refractivity contribution in [3.8, 4) is 11.5 Å². The van der Waals surface area contributed by atoms with E-state index >= 15 is 0 Å². The van der Waals surface area contributed by atoms with Gasteiger partial charge in [-0.15, -0.1) is 0 Å². The molecule has 1 heterocycles. The smallest absolute Gasteiger partial charge is 0.124 e. The van der Waals surface area contributed by atoms with Crippen molar-refractivity contribution < 1.29 is 14.4 Å². The zero-order chi connectivity index (χ0) is 13.1. The van der Waals surface area contributed by atoms with Crippen molar-refractivity contribution in [3.63, 3.8) is 0 Å². The lowest BCUT2D eigenvalue weighted by Crippen LogP contribution is -2.37. The monoisotopic (exact) mass is 269 g/mol. The van der Waals surface area contributed by atoms with Crippen LogP contribution < -0.4 is 5.32 Å². The van der Waals surface area contributed by atoms with E-state index in [0.29, 0.717) is 6.04 Å². The lowest BCUT2D eigenvalue weighted by atomic mass is 10.0. The number of phenols is 2. The minimum atomic E-state index is -0.650. The maximum absolute atomic E-state index is 11.3. The van der Waals surface area contributed by atoms with Crippen molar-refractivity contribution in [1.29, 1.82) is 0 Å². The zero-order valence-corrected chi connectivity index (χ0v) is 11.2. The van der Waals surface area contributed by atoms with Crippen LogP contribution in [-0.2, 0) is 10.8 Å². The van der Waals surface area contributed by atoms with Crippen molar-refractivity contribution in [2.24, 2.45) is 0 Å². The van der Waals surface area contributed by atoms with Crippen LogP contribution >= 0.6 is 0 Å². The largest absolute Gasteiger partial charge is 0.508 e. The summed E-state index contributed by atoms with van der Waals surface area (Å²) in [6.07, 6.45) is 1.82. The Morgan fingerprint density at radius 1 is 1.33 bits per heavy atom. The molecule has 2 rings (SSSR count). The molecule has 0 amide bonds. The number of benzene rings is 1. The molecule has 1 aromatic rings. The molecular weight excluding hydrogens is 250 g/mol. The standard InChI is InChI=1S/C13H19NO3S/c1-9(12-3-2-11(15)8-13(12)16)14-10-4-6-18(17)7-5-10/h2-3,8-10,14-16H,4-7H2,1H3. The van der Waals surface area contributed by atoms with Crippen LogP contribution in [0.3, 0.4) is 0 Å². The molecule has 0 saturated carbocycles. The first kappa shape index (κ1) is 13.4. The number of hydrogen-bond donors (Lipinski definition) is 3. The average Bonchev–Trinajstić information content (AvgIpc) is 2.32. The van der Waals surface area contributed by atoms with Crippen LogP contribution in [0.25, 0.3) is 0 Å². The van der Waals surface area contributed by atoms with Crippen molar-refractivity contribution in [2.45, 2.75) is 31.8 Å². The van der Waals surface area contributed by atoms with Crippen LogP contribution in [0.2, 0.25) is 0 Å². The molecule has 0 aromatic heterocycles. The summed E-state index contributed by atoms with van der Waals surface area (Å²) >= 11 is 0. The van der Waals surface area contributed by atoms with E-state index in [1.165, 1.54) is 6.07 Å². The third-order valence-corrected chi connectivity index (χ3v) is 4.74. The molecule has 4 nitrogen and oxygen atoms in total. The number of aromatic hydroxyl groups is 2. The fraction of sp³-hybridized carbons (Fsp3) is 0.538. The molecule has 0 aliphatic carbocycles. The molecule has 0 spiro atoms. The van der Waals surface area contributed by atoms with Gasteiger partial charge in [-0.2, -0.15) is 0 Å². The van der Waals surface area contributed by atoms with E-state index in [2.05, 4.69) is 5.32 Å². The normalized spacial score (nSPS) is 25.8. The van der Waals surface area contributed by atoms with Crippen molar-refractivity contribution in [2.75, 3.05) is 11.5 Å². The number of phenolic OH excluding ortho intramolecular Hbond substituents is 2. The highest BCUT2D eigenvalue weighted by Gasteiger charge is 2.20. The Hall–Kier alpha value is -1.07. The van der Waals surface area contributed by atoms with E-state index in [0.717, 1.165) is 29.9 Å². The molecule has 1 saturated heterocycles. The van der Waals surface area contributed by atoms with Crippen LogP contribution in [0, 0.1) is 0 Å². The van der Waals surface area contributed by atoms with E-state index in [4.69, 9.17) is 0 Å². The van der Waals surface area contributed by atoms with Gasteiger partial charge in [0.05, 0.1) is 0 Å². The Labute approximate surface area is 109 Å². The average molecular weight is 269 g/mol. The predicted molar refractivity (Wildman–Crippen MR) is 72.2 cm³/mol. The highest BCUT2D eigenvalue weighted by molar-refractivity contribution is 7.85. The van der Waals surface area contributed by atoms with Crippen LogP contribution in [0.4, 0.5) is 0 Å². The van der Waals surface area contributed by atoms with E-state index in [1.807, 2.05) is 6.92 Å². The van der Waals surface area contributed by atoms with Gasteiger partial charge in [0.1, 0.15) is 11.5 Å². The summed E-state index contributed by atoms with van der Waals surface area (Å²) in [7, 11) is -0.650. The molecule has 1 unspecified atom stereocenters. The van der Waals surface area contributed by atoms with Gasteiger partial charge in [0.25, 0.3) is 0 Å². The Morgan fingerprint density at radius 3 is 2.61 bits per heavy atom. The highest BCUT2D eigenvalue weighted by Crippen LogP contribution is 2.28. The van der Waals surface area contributed by atoms with E-state index in [1.54, 1.807) is 12.1 Å². The van der Waals surface area contributed by atoms with E-state index in [-0.39, 0.29) is 17.5 Å². The Balaban J connectivity index is 1.98. The third kappa shape index (κ3) is 3.23. The van der Waals surface area contributed by atoms with Gasteiger partial charge in [-0.1, -0.05) is 6.07 Å². The molecule has 1 aromatic carbocycles. The first-order chi connectivity index (χ1) is 8.56. The summed E-state index contributed by atoms with van der Waals surface area (Å²) in [6.45, 7) is 1.98. The van der Waals surface area contributed by atoms with Crippen LogP contribution in [-0.4, -0.2) is 32.0 Å². The molecule has 1 aliphatic rings.